The van der Waals surface area contributed by atoms with Crippen LogP contribution in [0.5, 0.6) is 0 Å². The minimum Gasteiger partial charge on any atom is -0.0897 e. The number of hydrogen-bond donors (Lipinski definition) is 0. The van der Waals surface area contributed by atoms with Crippen molar-refractivity contribution < 1.29 is 0 Å². The van der Waals surface area contributed by atoms with Gasteiger partial charge in [-0.2, -0.15) is 0 Å². The average molecular weight is 214 g/mol. The summed E-state index contributed by atoms with van der Waals surface area (Å²) in [5, 5.41) is 0. The van der Waals surface area contributed by atoms with Crippen molar-refractivity contribution in [2.45, 2.75) is 10.7 Å². The van der Waals surface area contributed by atoms with Gasteiger partial charge in [0, 0.05) is 0 Å². The minimum atomic E-state index is 0.343. The van der Waals surface area contributed by atoms with Crippen LogP contribution in [0.4, 0.5) is 0 Å². The van der Waals surface area contributed by atoms with E-state index in [0.29, 0.717) is 3.74 Å². The topological polar surface area (TPSA) is 0 Å². The Morgan fingerprint density at radius 3 is 2.00 bits per heavy atom. The number of allylic oxidation sites excluding steroid dienone is 2. The fourth-order valence-electron chi connectivity index (χ4n) is 0.145. The molecule has 0 rings (SSSR count). The first-order valence-corrected chi connectivity index (χ1v) is 3.51. The van der Waals surface area contributed by atoms with Crippen molar-refractivity contribution in [3.63, 3.8) is 0 Å². The second-order valence-electron chi connectivity index (χ2n) is 0.860. The standard InChI is InChI=1S/C4H6Br2/c1-2-3-4(5)6/h2-4H,1H3/b3-2-. The molecule has 0 saturated heterocycles. The van der Waals surface area contributed by atoms with E-state index in [4.69, 9.17) is 0 Å². The highest BCUT2D eigenvalue weighted by molar-refractivity contribution is 9.24. The molecule has 0 N–H and O–H groups in total. The second kappa shape index (κ2) is 3.88. The lowest BCUT2D eigenvalue weighted by Gasteiger charge is -1.81. The van der Waals surface area contributed by atoms with Crippen LogP contribution in [0.25, 0.3) is 0 Å². The van der Waals surface area contributed by atoms with E-state index in [1.165, 1.54) is 0 Å². The second-order valence-corrected chi connectivity index (χ2v) is 4.06. The molecule has 0 aliphatic rings. The van der Waals surface area contributed by atoms with E-state index in [1.807, 2.05) is 19.1 Å². The number of hydrogen-bond acceptors (Lipinski definition) is 0. The van der Waals surface area contributed by atoms with Crippen molar-refractivity contribution in [3.8, 4) is 0 Å². The summed E-state index contributed by atoms with van der Waals surface area (Å²) in [6.07, 6.45) is 3.98. The molecular weight excluding hydrogens is 208 g/mol. The Kier molecular flexibility index (Phi) is 4.33. The third kappa shape index (κ3) is 4.70. The van der Waals surface area contributed by atoms with Gasteiger partial charge >= 0.3 is 0 Å². The van der Waals surface area contributed by atoms with Gasteiger partial charge in [0.2, 0.25) is 0 Å². The zero-order valence-corrected chi connectivity index (χ0v) is 6.66. The van der Waals surface area contributed by atoms with Gasteiger partial charge in [0.25, 0.3) is 0 Å². The predicted molar refractivity (Wildman–Crippen MR) is 36.5 cm³/mol. The van der Waals surface area contributed by atoms with Crippen LogP contribution in [0.3, 0.4) is 0 Å². The molecule has 0 fully saturated rings. The summed E-state index contributed by atoms with van der Waals surface area (Å²) < 4.78 is 0.343. The Balaban J connectivity index is 3.03. The van der Waals surface area contributed by atoms with E-state index in [2.05, 4.69) is 31.9 Å². The molecule has 0 aromatic rings. The fraction of sp³-hybridized carbons (Fsp3) is 0.500. The molecule has 0 bridgehead atoms. The normalized spacial score (nSPS) is 11.3. The molecule has 36 valence electrons. The average Bonchev–Trinajstić information content (AvgIpc) is 1.35. The smallest absolute Gasteiger partial charge is 0.0877 e. The van der Waals surface area contributed by atoms with Gasteiger partial charge in [0.15, 0.2) is 0 Å². The van der Waals surface area contributed by atoms with E-state index in [1.54, 1.807) is 0 Å². The van der Waals surface area contributed by atoms with E-state index in [-0.39, 0.29) is 0 Å². The van der Waals surface area contributed by atoms with Gasteiger partial charge in [-0.25, -0.2) is 0 Å². The lowest BCUT2D eigenvalue weighted by Crippen LogP contribution is -1.68. The highest BCUT2D eigenvalue weighted by Gasteiger charge is 1.81. The van der Waals surface area contributed by atoms with Gasteiger partial charge in [-0.05, 0) is 6.92 Å². The molecule has 0 aromatic heterocycles. The van der Waals surface area contributed by atoms with E-state index < -0.39 is 0 Å². The maximum Gasteiger partial charge on any atom is 0.0877 e. The molecule has 0 aliphatic carbocycles. The SMILES string of the molecule is C/C=C\C(Br)Br. The summed E-state index contributed by atoms with van der Waals surface area (Å²) in [5.74, 6) is 0. The Morgan fingerprint density at radius 2 is 2.00 bits per heavy atom. The molecule has 0 unspecified atom stereocenters. The zero-order chi connectivity index (χ0) is 4.99. The molecule has 0 atom stereocenters. The minimum absolute atomic E-state index is 0.343. The van der Waals surface area contributed by atoms with Gasteiger partial charge in [-0.15, -0.1) is 0 Å². The lowest BCUT2D eigenvalue weighted by atomic mass is 10.6. The molecular formula is C4H6Br2. The molecule has 6 heavy (non-hydrogen) atoms. The summed E-state index contributed by atoms with van der Waals surface area (Å²) in [5.41, 5.74) is 0. The largest absolute Gasteiger partial charge is 0.0897 e. The van der Waals surface area contributed by atoms with Crippen LogP contribution in [0.1, 0.15) is 6.92 Å². The quantitative estimate of drug-likeness (QED) is 0.464. The van der Waals surface area contributed by atoms with Gasteiger partial charge in [-0.1, -0.05) is 44.0 Å². The number of alkyl halides is 2. The van der Waals surface area contributed by atoms with Crippen molar-refractivity contribution in [2.24, 2.45) is 0 Å². The molecule has 0 aromatic carbocycles. The molecule has 0 aliphatic heterocycles. The molecule has 0 spiro atoms. The van der Waals surface area contributed by atoms with Gasteiger partial charge in [0.1, 0.15) is 0 Å². The highest BCUT2D eigenvalue weighted by Crippen LogP contribution is 2.07. The van der Waals surface area contributed by atoms with E-state index in [0.717, 1.165) is 0 Å². The van der Waals surface area contributed by atoms with Crippen LogP contribution < -0.4 is 0 Å². The fourth-order valence-corrected chi connectivity index (χ4v) is 0.756. The summed E-state index contributed by atoms with van der Waals surface area (Å²) in [7, 11) is 0. The molecule has 2 heteroatoms. The van der Waals surface area contributed by atoms with Crippen molar-refractivity contribution in [1.82, 2.24) is 0 Å². The summed E-state index contributed by atoms with van der Waals surface area (Å²) in [6.45, 7) is 1.98. The highest BCUT2D eigenvalue weighted by atomic mass is 79.9. The van der Waals surface area contributed by atoms with Crippen molar-refractivity contribution in [1.29, 1.82) is 0 Å². The first-order chi connectivity index (χ1) is 2.77. The third-order valence-electron chi connectivity index (χ3n) is 0.338. The Hall–Kier alpha value is 0.700. The molecule has 0 nitrogen and oxygen atoms in total. The maximum absolute atomic E-state index is 3.26. The van der Waals surface area contributed by atoms with Crippen LogP contribution in [0.2, 0.25) is 0 Å². The number of halogens is 2. The summed E-state index contributed by atoms with van der Waals surface area (Å²) >= 11 is 6.53. The molecule has 0 radical (unpaired) electrons. The Morgan fingerprint density at radius 1 is 1.50 bits per heavy atom. The lowest BCUT2D eigenvalue weighted by molar-refractivity contribution is 1.63. The van der Waals surface area contributed by atoms with Crippen LogP contribution in [0.15, 0.2) is 12.2 Å². The predicted octanol–water partition coefficient (Wildman–Crippen LogP) is 2.68. The van der Waals surface area contributed by atoms with Crippen LogP contribution in [-0.2, 0) is 0 Å². The van der Waals surface area contributed by atoms with Crippen molar-refractivity contribution in [3.05, 3.63) is 12.2 Å². The Labute approximate surface area is 54.9 Å². The van der Waals surface area contributed by atoms with Crippen molar-refractivity contribution >= 4 is 31.9 Å². The van der Waals surface area contributed by atoms with Crippen LogP contribution >= 0.6 is 31.9 Å². The van der Waals surface area contributed by atoms with Crippen LogP contribution in [-0.4, -0.2) is 3.74 Å². The summed E-state index contributed by atoms with van der Waals surface area (Å²) in [6, 6.07) is 0. The van der Waals surface area contributed by atoms with Gasteiger partial charge in [-0.3, -0.25) is 0 Å². The zero-order valence-electron chi connectivity index (χ0n) is 3.49. The Bertz CT molecular complexity index is 47.5. The summed E-state index contributed by atoms with van der Waals surface area (Å²) in [4.78, 5) is 0. The van der Waals surface area contributed by atoms with Gasteiger partial charge < -0.3 is 0 Å². The maximum atomic E-state index is 3.26. The first kappa shape index (κ1) is 6.70. The van der Waals surface area contributed by atoms with E-state index >= 15 is 0 Å². The van der Waals surface area contributed by atoms with E-state index in [9.17, 15) is 0 Å². The monoisotopic (exact) mass is 212 g/mol. The van der Waals surface area contributed by atoms with Gasteiger partial charge in [0.05, 0.1) is 3.74 Å². The molecule has 0 heterocycles. The van der Waals surface area contributed by atoms with Crippen LogP contribution in [0, 0.1) is 0 Å². The molecule has 0 saturated carbocycles. The van der Waals surface area contributed by atoms with Crippen molar-refractivity contribution in [2.75, 3.05) is 0 Å². The number of rotatable bonds is 1. The third-order valence-corrected chi connectivity index (χ3v) is 0.948. The first-order valence-electron chi connectivity index (χ1n) is 1.68. The molecule has 0 amide bonds.